The predicted octanol–water partition coefficient (Wildman–Crippen LogP) is 2.65. The Morgan fingerprint density at radius 2 is 2.11 bits per heavy atom. The molecule has 2 rings (SSSR count). The third-order valence-corrected chi connectivity index (χ3v) is 2.20. The number of hydrogen-bond acceptors (Lipinski definition) is 4. The standard InChI is InChI=1S/C11H8F3N3O2/c1-6-15-10(19-17-6)16-9(18)7-3-2-4-8(5-7)11(12,13)14/h2-5H,1H3,(H,15,16,17,18). The van der Waals surface area contributed by atoms with E-state index < -0.39 is 17.6 Å². The second-order valence-corrected chi connectivity index (χ2v) is 3.68. The second-order valence-electron chi connectivity index (χ2n) is 3.68. The molecule has 0 atom stereocenters. The van der Waals surface area contributed by atoms with E-state index in [1.54, 1.807) is 6.92 Å². The summed E-state index contributed by atoms with van der Waals surface area (Å²) in [4.78, 5) is 15.4. The van der Waals surface area contributed by atoms with E-state index >= 15 is 0 Å². The number of hydrogen-bond donors (Lipinski definition) is 1. The Morgan fingerprint density at radius 3 is 2.68 bits per heavy atom. The first-order valence-electron chi connectivity index (χ1n) is 5.15. The fraction of sp³-hybridized carbons (Fsp3) is 0.182. The Bertz CT molecular complexity index is 607. The van der Waals surface area contributed by atoms with E-state index in [2.05, 4.69) is 20.0 Å². The zero-order valence-electron chi connectivity index (χ0n) is 9.65. The molecule has 19 heavy (non-hydrogen) atoms. The first kappa shape index (κ1) is 13.1. The van der Waals surface area contributed by atoms with Crippen LogP contribution >= 0.6 is 0 Å². The lowest BCUT2D eigenvalue weighted by Gasteiger charge is -2.07. The number of amides is 1. The fourth-order valence-electron chi connectivity index (χ4n) is 1.35. The molecule has 1 aromatic heterocycles. The van der Waals surface area contributed by atoms with Gasteiger partial charge in [-0.05, 0) is 25.1 Å². The number of anilines is 1. The Balaban J connectivity index is 2.20. The monoisotopic (exact) mass is 271 g/mol. The first-order chi connectivity index (χ1) is 8.86. The van der Waals surface area contributed by atoms with E-state index in [0.717, 1.165) is 18.2 Å². The largest absolute Gasteiger partial charge is 0.416 e. The van der Waals surface area contributed by atoms with Gasteiger partial charge in [0.15, 0.2) is 5.82 Å². The van der Waals surface area contributed by atoms with Gasteiger partial charge in [0.2, 0.25) is 0 Å². The van der Waals surface area contributed by atoms with Gasteiger partial charge in [0.05, 0.1) is 5.56 Å². The highest BCUT2D eigenvalue weighted by Crippen LogP contribution is 2.29. The van der Waals surface area contributed by atoms with Crippen molar-refractivity contribution in [3.05, 3.63) is 41.2 Å². The minimum atomic E-state index is -4.50. The Hall–Kier alpha value is -2.38. The van der Waals surface area contributed by atoms with Crippen molar-refractivity contribution in [1.82, 2.24) is 10.1 Å². The number of carbonyl (C=O) groups excluding carboxylic acids is 1. The molecule has 0 spiro atoms. The summed E-state index contributed by atoms with van der Waals surface area (Å²) in [5, 5.41) is 5.65. The van der Waals surface area contributed by atoms with E-state index in [-0.39, 0.29) is 11.6 Å². The topological polar surface area (TPSA) is 68.0 Å². The molecule has 0 aliphatic heterocycles. The molecule has 2 aromatic rings. The lowest BCUT2D eigenvalue weighted by atomic mass is 10.1. The number of rotatable bonds is 2. The SMILES string of the molecule is Cc1noc(NC(=O)c2cccc(C(F)(F)F)c2)n1. The number of alkyl halides is 3. The molecular formula is C11H8F3N3O2. The highest BCUT2D eigenvalue weighted by molar-refractivity contribution is 6.03. The fourth-order valence-corrected chi connectivity index (χ4v) is 1.35. The van der Waals surface area contributed by atoms with E-state index in [9.17, 15) is 18.0 Å². The summed E-state index contributed by atoms with van der Waals surface area (Å²) in [6, 6.07) is 3.87. The normalized spacial score (nSPS) is 11.4. The van der Waals surface area contributed by atoms with Crippen LogP contribution in [-0.2, 0) is 6.18 Å². The molecule has 0 saturated heterocycles. The van der Waals surface area contributed by atoms with Crippen LogP contribution in [0.25, 0.3) is 0 Å². The van der Waals surface area contributed by atoms with E-state index in [4.69, 9.17) is 0 Å². The van der Waals surface area contributed by atoms with Crippen molar-refractivity contribution in [1.29, 1.82) is 0 Å². The van der Waals surface area contributed by atoms with Crippen molar-refractivity contribution < 1.29 is 22.5 Å². The van der Waals surface area contributed by atoms with Crippen molar-refractivity contribution in [3.63, 3.8) is 0 Å². The molecular weight excluding hydrogens is 263 g/mol. The van der Waals surface area contributed by atoms with Crippen molar-refractivity contribution in [2.45, 2.75) is 13.1 Å². The molecule has 100 valence electrons. The van der Waals surface area contributed by atoms with Crippen molar-refractivity contribution in [2.24, 2.45) is 0 Å². The predicted molar refractivity (Wildman–Crippen MR) is 58.4 cm³/mol. The van der Waals surface area contributed by atoms with Gasteiger partial charge in [0, 0.05) is 5.56 Å². The lowest BCUT2D eigenvalue weighted by molar-refractivity contribution is -0.137. The minimum Gasteiger partial charge on any atom is -0.315 e. The van der Waals surface area contributed by atoms with Crippen LogP contribution in [0.1, 0.15) is 21.7 Å². The smallest absolute Gasteiger partial charge is 0.315 e. The van der Waals surface area contributed by atoms with Crippen LogP contribution in [-0.4, -0.2) is 16.0 Å². The van der Waals surface area contributed by atoms with Crippen LogP contribution in [0.5, 0.6) is 0 Å². The van der Waals surface area contributed by atoms with Gasteiger partial charge in [-0.3, -0.25) is 10.1 Å². The average Bonchev–Trinajstić information content (AvgIpc) is 2.74. The molecule has 1 N–H and O–H groups in total. The molecule has 0 aliphatic carbocycles. The van der Waals surface area contributed by atoms with Gasteiger partial charge in [-0.2, -0.15) is 18.2 Å². The number of nitrogens with one attached hydrogen (secondary N) is 1. The maximum atomic E-state index is 12.5. The molecule has 0 aliphatic rings. The molecule has 0 bridgehead atoms. The van der Waals surface area contributed by atoms with Crippen LogP contribution in [0.3, 0.4) is 0 Å². The molecule has 1 heterocycles. The van der Waals surface area contributed by atoms with Gasteiger partial charge in [0.1, 0.15) is 0 Å². The van der Waals surface area contributed by atoms with Gasteiger partial charge in [-0.25, -0.2) is 0 Å². The third-order valence-electron chi connectivity index (χ3n) is 2.20. The van der Waals surface area contributed by atoms with Crippen molar-refractivity contribution >= 4 is 11.9 Å². The maximum absolute atomic E-state index is 12.5. The third kappa shape index (κ3) is 3.09. The highest BCUT2D eigenvalue weighted by atomic mass is 19.4. The first-order valence-corrected chi connectivity index (χ1v) is 5.15. The molecule has 5 nitrogen and oxygen atoms in total. The molecule has 1 aromatic carbocycles. The Kier molecular flexibility index (Phi) is 3.24. The zero-order valence-corrected chi connectivity index (χ0v) is 9.65. The van der Waals surface area contributed by atoms with Crippen LogP contribution in [0, 0.1) is 6.92 Å². The van der Waals surface area contributed by atoms with Gasteiger partial charge in [-0.1, -0.05) is 11.2 Å². The van der Waals surface area contributed by atoms with Crippen molar-refractivity contribution in [3.8, 4) is 0 Å². The highest BCUT2D eigenvalue weighted by Gasteiger charge is 2.30. The molecule has 0 fully saturated rings. The summed E-state index contributed by atoms with van der Waals surface area (Å²) < 4.78 is 42.1. The zero-order chi connectivity index (χ0) is 14.0. The lowest BCUT2D eigenvalue weighted by Crippen LogP contribution is -2.14. The molecule has 0 unspecified atom stereocenters. The summed E-state index contributed by atoms with van der Waals surface area (Å²) in [6.45, 7) is 1.55. The van der Waals surface area contributed by atoms with E-state index in [1.165, 1.54) is 6.07 Å². The van der Waals surface area contributed by atoms with Crippen LogP contribution < -0.4 is 5.32 Å². The van der Waals surface area contributed by atoms with Crippen LogP contribution in [0.2, 0.25) is 0 Å². The molecule has 1 amide bonds. The van der Waals surface area contributed by atoms with Gasteiger partial charge >= 0.3 is 12.2 Å². The van der Waals surface area contributed by atoms with Crippen LogP contribution in [0.4, 0.5) is 19.2 Å². The number of aromatic nitrogens is 2. The van der Waals surface area contributed by atoms with Gasteiger partial charge < -0.3 is 4.52 Å². The second kappa shape index (κ2) is 4.71. The summed E-state index contributed by atoms with van der Waals surface area (Å²) in [5.41, 5.74) is -1.05. The number of aryl methyl sites for hydroxylation is 1. The molecule has 8 heteroatoms. The van der Waals surface area contributed by atoms with Crippen molar-refractivity contribution in [2.75, 3.05) is 5.32 Å². The summed E-state index contributed by atoms with van der Waals surface area (Å²) in [7, 11) is 0. The number of halogens is 3. The number of nitrogens with zero attached hydrogens (tertiary/aromatic N) is 2. The van der Waals surface area contributed by atoms with Gasteiger partial charge in [-0.15, -0.1) is 0 Å². The summed E-state index contributed by atoms with van der Waals surface area (Å²) in [6.07, 6.45) is -4.50. The van der Waals surface area contributed by atoms with Crippen LogP contribution in [0.15, 0.2) is 28.8 Å². The summed E-state index contributed by atoms with van der Waals surface area (Å²) >= 11 is 0. The van der Waals surface area contributed by atoms with E-state index in [0.29, 0.717) is 5.82 Å². The minimum absolute atomic E-state index is 0.148. The average molecular weight is 271 g/mol. The number of benzene rings is 1. The number of carbonyl (C=O) groups is 1. The summed E-state index contributed by atoms with van der Waals surface area (Å²) in [5.74, 6) is -0.450. The Labute approximate surface area is 105 Å². The quantitative estimate of drug-likeness (QED) is 0.911. The van der Waals surface area contributed by atoms with E-state index in [1.807, 2.05) is 0 Å². The Morgan fingerprint density at radius 1 is 1.37 bits per heavy atom. The maximum Gasteiger partial charge on any atom is 0.416 e. The van der Waals surface area contributed by atoms with Gasteiger partial charge in [0.25, 0.3) is 5.91 Å². The molecule has 0 radical (unpaired) electrons. The molecule has 0 saturated carbocycles.